The fourth-order valence-electron chi connectivity index (χ4n) is 4.89. The van der Waals surface area contributed by atoms with Gasteiger partial charge in [-0.3, -0.25) is 14.2 Å². The number of para-hydroxylation sites is 1. The van der Waals surface area contributed by atoms with Crippen LogP contribution < -0.4 is 5.32 Å². The van der Waals surface area contributed by atoms with Gasteiger partial charge in [-0.05, 0) is 31.0 Å². The summed E-state index contributed by atoms with van der Waals surface area (Å²) in [6.45, 7) is 1.97. The molecular weight excluding hydrogens is 404 g/mol. The van der Waals surface area contributed by atoms with Gasteiger partial charge in [-0.15, -0.1) is 0 Å². The number of hydrogen-bond donors (Lipinski definition) is 1. The molecule has 5 rings (SSSR count). The highest BCUT2D eigenvalue weighted by Gasteiger charge is 2.61. The number of rotatable bonds is 3. The van der Waals surface area contributed by atoms with E-state index in [9.17, 15) is 13.2 Å². The molecule has 0 aliphatic carbocycles. The average Bonchev–Trinajstić information content (AvgIpc) is 3.43. The maximum atomic E-state index is 13.7. The molecule has 0 saturated carbocycles. The standard InChI is InChI=1S/C20H22N6O3S/c1-13-10-17(25(3)23-13)30(28,29)26-9-8-20(18(26)14-11-21-24(2)12-14)15-6-4-5-7-16(15)22-19(20)27/h4-7,10-12,18H,8-9H2,1-3H3,(H,22,27). The molecule has 2 aromatic heterocycles. The maximum Gasteiger partial charge on any atom is 0.260 e. The van der Waals surface area contributed by atoms with E-state index in [0.29, 0.717) is 17.7 Å². The van der Waals surface area contributed by atoms with Crippen molar-refractivity contribution in [2.75, 3.05) is 11.9 Å². The monoisotopic (exact) mass is 426 g/mol. The zero-order valence-corrected chi connectivity index (χ0v) is 17.7. The lowest BCUT2D eigenvalue weighted by molar-refractivity contribution is -0.121. The van der Waals surface area contributed by atoms with E-state index in [-0.39, 0.29) is 17.5 Å². The van der Waals surface area contributed by atoms with Crippen molar-refractivity contribution in [3.63, 3.8) is 0 Å². The van der Waals surface area contributed by atoms with Gasteiger partial charge in [0.1, 0.15) is 0 Å². The van der Waals surface area contributed by atoms with Crippen LogP contribution in [0, 0.1) is 6.92 Å². The highest BCUT2D eigenvalue weighted by atomic mass is 32.2. The molecule has 1 spiro atoms. The summed E-state index contributed by atoms with van der Waals surface area (Å²) in [5.74, 6) is -0.184. The normalized spacial score (nSPS) is 23.8. The molecule has 4 heterocycles. The smallest absolute Gasteiger partial charge is 0.260 e. The molecular formula is C20H22N6O3S. The van der Waals surface area contributed by atoms with E-state index in [0.717, 1.165) is 11.3 Å². The minimum Gasteiger partial charge on any atom is -0.325 e. The highest BCUT2D eigenvalue weighted by Crippen LogP contribution is 2.55. The number of nitrogens with one attached hydrogen (secondary N) is 1. The van der Waals surface area contributed by atoms with Gasteiger partial charge in [0.25, 0.3) is 10.0 Å². The first-order valence-corrected chi connectivity index (χ1v) is 11.1. The molecule has 2 aliphatic rings. The van der Waals surface area contributed by atoms with E-state index >= 15 is 0 Å². The zero-order valence-electron chi connectivity index (χ0n) is 16.9. The number of amides is 1. The SMILES string of the molecule is Cc1cc(S(=O)(=O)N2CCC3(C(=O)Nc4ccccc43)C2c2cnn(C)c2)n(C)n1. The maximum absolute atomic E-state index is 13.7. The van der Waals surface area contributed by atoms with Crippen molar-refractivity contribution in [3.8, 4) is 0 Å². The zero-order chi connectivity index (χ0) is 21.3. The van der Waals surface area contributed by atoms with Crippen LogP contribution >= 0.6 is 0 Å². The molecule has 2 unspecified atom stereocenters. The molecule has 3 aromatic rings. The lowest BCUT2D eigenvalue weighted by atomic mass is 9.73. The fourth-order valence-corrected chi connectivity index (χ4v) is 6.74. The van der Waals surface area contributed by atoms with Gasteiger partial charge in [-0.2, -0.15) is 14.5 Å². The number of aromatic nitrogens is 4. The van der Waals surface area contributed by atoms with Crippen LogP contribution in [0.25, 0.3) is 0 Å². The average molecular weight is 427 g/mol. The van der Waals surface area contributed by atoms with Gasteiger partial charge in [0, 0.05) is 38.1 Å². The number of hydrogen-bond acceptors (Lipinski definition) is 5. The Morgan fingerprint density at radius 2 is 2.00 bits per heavy atom. The van der Waals surface area contributed by atoms with E-state index in [1.54, 1.807) is 44.2 Å². The first kappa shape index (κ1) is 19.0. The van der Waals surface area contributed by atoms with Crippen molar-refractivity contribution in [2.24, 2.45) is 14.1 Å². The van der Waals surface area contributed by atoms with Crippen LogP contribution in [-0.2, 0) is 34.3 Å². The number of nitrogens with zero attached hydrogens (tertiary/aromatic N) is 5. The highest BCUT2D eigenvalue weighted by molar-refractivity contribution is 7.89. The largest absolute Gasteiger partial charge is 0.325 e. The molecule has 1 fully saturated rings. The molecule has 0 radical (unpaired) electrons. The van der Waals surface area contributed by atoms with Gasteiger partial charge in [0.15, 0.2) is 5.03 Å². The van der Waals surface area contributed by atoms with Crippen molar-refractivity contribution < 1.29 is 13.2 Å². The van der Waals surface area contributed by atoms with E-state index in [2.05, 4.69) is 15.5 Å². The molecule has 2 aliphatic heterocycles. The summed E-state index contributed by atoms with van der Waals surface area (Å²) >= 11 is 0. The van der Waals surface area contributed by atoms with Crippen molar-refractivity contribution in [2.45, 2.75) is 29.8 Å². The van der Waals surface area contributed by atoms with Gasteiger partial charge >= 0.3 is 0 Å². The van der Waals surface area contributed by atoms with Crippen LogP contribution in [0.4, 0.5) is 5.69 Å². The lowest BCUT2D eigenvalue weighted by Crippen LogP contribution is -2.42. The third kappa shape index (κ3) is 2.43. The third-order valence-electron chi connectivity index (χ3n) is 6.12. The summed E-state index contributed by atoms with van der Waals surface area (Å²) in [6, 6.07) is 8.34. The number of benzene rings is 1. The van der Waals surface area contributed by atoms with E-state index in [4.69, 9.17) is 0 Å². The van der Waals surface area contributed by atoms with Gasteiger partial charge < -0.3 is 5.32 Å². The van der Waals surface area contributed by atoms with E-state index in [1.807, 2.05) is 24.3 Å². The van der Waals surface area contributed by atoms with Crippen LogP contribution in [0.5, 0.6) is 0 Å². The molecule has 1 saturated heterocycles. The Morgan fingerprint density at radius 1 is 1.23 bits per heavy atom. The quantitative estimate of drug-likeness (QED) is 0.684. The van der Waals surface area contributed by atoms with E-state index < -0.39 is 21.5 Å². The second-order valence-electron chi connectivity index (χ2n) is 7.93. The number of sulfonamides is 1. The number of aryl methyl sites for hydroxylation is 3. The van der Waals surface area contributed by atoms with Crippen molar-refractivity contribution in [1.29, 1.82) is 0 Å². The molecule has 0 bridgehead atoms. The molecule has 2 atom stereocenters. The number of anilines is 1. The van der Waals surface area contributed by atoms with Crippen LogP contribution in [0.15, 0.2) is 47.8 Å². The second kappa shape index (κ2) is 6.26. The van der Waals surface area contributed by atoms with Gasteiger partial charge in [-0.25, -0.2) is 8.42 Å². The summed E-state index contributed by atoms with van der Waals surface area (Å²) in [5, 5.41) is 11.5. The number of fused-ring (bicyclic) bond motifs is 2. The molecule has 1 N–H and O–H groups in total. The number of carbonyl (C=O) groups is 1. The summed E-state index contributed by atoms with van der Waals surface area (Å²) < 4.78 is 31.9. The molecule has 1 aromatic carbocycles. The molecule has 30 heavy (non-hydrogen) atoms. The summed E-state index contributed by atoms with van der Waals surface area (Å²) in [4.78, 5) is 13.3. The van der Waals surface area contributed by atoms with Gasteiger partial charge in [-0.1, -0.05) is 18.2 Å². The summed E-state index contributed by atoms with van der Waals surface area (Å²) in [5.41, 5.74) is 1.84. The Bertz CT molecular complexity index is 1280. The van der Waals surface area contributed by atoms with Crippen molar-refractivity contribution in [3.05, 3.63) is 59.5 Å². The first-order valence-electron chi connectivity index (χ1n) is 9.67. The van der Waals surface area contributed by atoms with Crippen molar-refractivity contribution in [1.82, 2.24) is 23.9 Å². The Morgan fingerprint density at radius 3 is 2.67 bits per heavy atom. The van der Waals surface area contributed by atoms with Crippen LogP contribution in [0.3, 0.4) is 0 Å². The predicted octanol–water partition coefficient (Wildman–Crippen LogP) is 1.49. The minimum absolute atomic E-state index is 0.109. The summed E-state index contributed by atoms with van der Waals surface area (Å²) in [6.07, 6.45) is 3.80. The van der Waals surface area contributed by atoms with Crippen LogP contribution in [-0.4, -0.2) is 44.7 Å². The van der Waals surface area contributed by atoms with Crippen LogP contribution in [0.2, 0.25) is 0 Å². The molecule has 9 nitrogen and oxygen atoms in total. The third-order valence-corrected chi connectivity index (χ3v) is 8.04. The van der Waals surface area contributed by atoms with Gasteiger partial charge in [0.2, 0.25) is 5.91 Å². The Balaban J connectivity index is 1.73. The predicted molar refractivity (Wildman–Crippen MR) is 109 cm³/mol. The molecule has 156 valence electrons. The molecule has 10 heteroatoms. The number of carbonyl (C=O) groups excluding carboxylic acids is 1. The second-order valence-corrected chi connectivity index (χ2v) is 9.77. The first-order chi connectivity index (χ1) is 14.2. The van der Waals surface area contributed by atoms with E-state index in [1.165, 1.54) is 8.99 Å². The minimum atomic E-state index is -3.91. The lowest BCUT2D eigenvalue weighted by Gasteiger charge is -2.32. The Labute approximate surface area is 174 Å². The van der Waals surface area contributed by atoms with Gasteiger partial charge in [0.05, 0.1) is 23.3 Å². The summed E-state index contributed by atoms with van der Waals surface area (Å²) in [7, 11) is -0.521. The Kier molecular flexibility index (Phi) is 3.97. The fraction of sp³-hybridized carbons (Fsp3) is 0.350. The Hall–Kier alpha value is -2.98. The van der Waals surface area contributed by atoms with Crippen molar-refractivity contribution >= 4 is 21.6 Å². The van der Waals surface area contributed by atoms with Crippen LogP contribution in [0.1, 0.15) is 29.3 Å². The topological polar surface area (TPSA) is 102 Å². The molecule has 1 amide bonds.